The monoisotopic (exact) mass is 528 g/mol. The number of benzene rings is 1. The Morgan fingerprint density at radius 3 is 2.80 bits per heavy atom. The van der Waals surface area contributed by atoms with E-state index in [2.05, 4.69) is 10.1 Å². The van der Waals surface area contributed by atoms with E-state index in [1.165, 1.54) is 11.0 Å². The molecule has 0 spiro atoms. The molecule has 0 radical (unpaired) electrons. The van der Waals surface area contributed by atoms with Crippen LogP contribution in [-0.4, -0.2) is 62.3 Å². The second kappa shape index (κ2) is 15.7. The summed E-state index contributed by atoms with van der Waals surface area (Å²) in [5.41, 5.74) is 5.67. The van der Waals surface area contributed by atoms with E-state index >= 15 is 0 Å². The zero-order valence-electron chi connectivity index (χ0n) is 20.3. The van der Waals surface area contributed by atoms with Crippen molar-refractivity contribution in [3.05, 3.63) is 41.6 Å². The van der Waals surface area contributed by atoms with Gasteiger partial charge in [-0.15, -0.1) is 0 Å². The molecule has 0 bridgehead atoms. The molecular weight excluding hydrogens is 495 g/mol. The van der Waals surface area contributed by atoms with Crippen LogP contribution in [0.1, 0.15) is 33.1 Å². The van der Waals surface area contributed by atoms with E-state index in [0.717, 1.165) is 12.8 Å². The third-order valence-electron chi connectivity index (χ3n) is 5.04. The number of hydrogen-bond donors (Lipinski definition) is 2. The number of rotatable bonds is 15. The number of nitrogens with one attached hydrogen (secondary N) is 1. The average molecular weight is 529 g/mol. The molecule has 1 fully saturated rings. The standard InChI is InChI=1S/C23H34ClN4O6P/c1-4-5-12-31-22(30)14-27-35(34-19-8-6-18(24)7-9-19)32-15-20-13-17(2)23(33-20)28(16-29)11-10-21(25)26-3/h6-11,16-17,20,23,27H,4-5,12-15H2,1-3H3,(H2,25,26)/b11-10-. The van der Waals surface area contributed by atoms with Gasteiger partial charge >= 0.3 is 14.5 Å². The summed E-state index contributed by atoms with van der Waals surface area (Å²) in [7, 11) is -0.117. The van der Waals surface area contributed by atoms with Gasteiger partial charge in [-0.2, -0.15) is 0 Å². The molecule has 35 heavy (non-hydrogen) atoms. The highest BCUT2D eigenvalue weighted by molar-refractivity contribution is 7.45. The van der Waals surface area contributed by atoms with Crippen molar-refractivity contribution in [2.75, 3.05) is 26.8 Å². The zero-order chi connectivity index (χ0) is 25.6. The van der Waals surface area contributed by atoms with E-state index in [9.17, 15) is 9.59 Å². The number of nitrogens with two attached hydrogens (primary N) is 1. The van der Waals surface area contributed by atoms with Crippen molar-refractivity contribution >= 4 is 38.3 Å². The Labute approximate surface area is 212 Å². The first-order chi connectivity index (χ1) is 16.9. The number of nitrogens with zero attached hydrogens (tertiary/aromatic N) is 2. The summed E-state index contributed by atoms with van der Waals surface area (Å²) in [4.78, 5) is 28.9. The van der Waals surface area contributed by atoms with Crippen molar-refractivity contribution in [1.82, 2.24) is 9.99 Å². The number of esters is 1. The van der Waals surface area contributed by atoms with Crippen LogP contribution in [0.5, 0.6) is 5.75 Å². The molecule has 4 unspecified atom stereocenters. The van der Waals surface area contributed by atoms with Crippen LogP contribution in [0.25, 0.3) is 0 Å². The van der Waals surface area contributed by atoms with Crippen LogP contribution in [0, 0.1) is 5.92 Å². The topological polar surface area (TPSA) is 125 Å². The molecule has 1 heterocycles. The van der Waals surface area contributed by atoms with Crippen molar-refractivity contribution < 1.29 is 28.1 Å². The van der Waals surface area contributed by atoms with Gasteiger partial charge in [0.2, 0.25) is 6.41 Å². The Kier molecular flexibility index (Phi) is 13.0. The van der Waals surface area contributed by atoms with Crippen LogP contribution < -0.4 is 15.3 Å². The van der Waals surface area contributed by atoms with Crippen LogP contribution in [0.4, 0.5) is 0 Å². The van der Waals surface area contributed by atoms with Crippen LogP contribution in [-0.2, 0) is 23.6 Å². The predicted molar refractivity (Wildman–Crippen MR) is 136 cm³/mol. The van der Waals surface area contributed by atoms with E-state index in [-0.39, 0.29) is 31.1 Å². The SMILES string of the molecule is CCCCOC(=O)CNP(OCC1CC(C)C(N(C=O)/C=C\C(N)=NC)O1)Oc1ccc(Cl)cc1. The van der Waals surface area contributed by atoms with Gasteiger partial charge < -0.3 is 24.3 Å². The number of ether oxygens (including phenoxy) is 2. The minimum atomic E-state index is -1.68. The Morgan fingerprint density at radius 1 is 1.40 bits per heavy atom. The molecule has 194 valence electrons. The highest BCUT2D eigenvalue weighted by Crippen LogP contribution is 2.37. The van der Waals surface area contributed by atoms with Crippen LogP contribution in [0.15, 0.2) is 41.5 Å². The summed E-state index contributed by atoms with van der Waals surface area (Å²) in [6.45, 7) is 4.53. The lowest BCUT2D eigenvalue weighted by molar-refractivity contribution is -0.142. The van der Waals surface area contributed by atoms with Gasteiger partial charge in [-0.3, -0.25) is 19.5 Å². The number of amides is 1. The molecule has 4 atom stereocenters. The summed E-state index contributed by atoms with van der Waals surface area (Å²) in [6, 6.07) is 6.83. The molecule has 1 aromatic carbocycles. The second-order valence-electron chi connectivity index (χ2n) is 7.89. The van der Waals surface area contributed by atoms with Gasteiger partial charge in [0.15, 0.2) is 0 Å². The lowest BCUT2D eigenvalue weighted by atomic mass is 10.1. The van der Waals surface area contributed by atoms with E-state index in [4.69, 9.17) is 35.9 Å². The Balaban J connectivity index is 1.95. The molecule has 10 nitrogen and oxygen atoms in total. The van der Waals surface area contributed by atoms with Crippen molar-refractivity contribution in [2.45, 2.75) is 45.4 Å². The van der Waals surface area contributed by atoms with Gasteiger partial charge in [0.05, 0.1) is 19.3 Å². The maximum absolute atomic E-state index is 12.0. The highest BCUT2D eigenvalue weighted by atomic mass is 35.5. The molecule has 0 aromatic heterocycles. The third kappa shape index (κ3) is 10.5. The third-order valence-corrected chi connectivity index (χ3v) is 6.47. The fourth-order valence-electron chi connectivity index (χ4n) is 3.16. The number of halogens is 1. The van der Waals surface area contributed by atoms with Gasteiger partial charge in [0, 0.05) is 24.2 Å². The smallest absolute Gasteiger partial charge is 0.320 e. The van der Waals surface area contributed by atoms with Crippen LogP contribution in [0.3, 0.4) is 0 Å². The van der Waals surface area contributed by atoms with Crippen LogP contribution in [0.2, 0.25) is 5.02 Å². The first-order valence-electron chi connectivity index (χ1n) is 11.4. The van der Waals surface area contributed by atoms with Crippen molar-refractivity contribution in [3.63, 3.8) is 0 Å². The Bertz CT molecular complexity index is 857. The van der Waals surface area contributed by atoms with Gasteiger partial charge in [-0.05, 0) is 43.2 Å². The number of hydrogen-bond acceptors (Lipinski definition) is 8. The summed E-state index contributed by atoms with van der Waals surface area (Å²) in [6.07, 6.45) is 5.44. The number of amidine groups is 1. The molecule has 1 aromatic rings. The molecule has 2 rings (SSSR count). The molecule has 0 saturated carbocycles. The van der Waals surface area contributed by atoms with Crippen LogP contribution >= 0.6 is 20.1 Å². The number of aliphatic imine (C=N–C) groups is 1. The van der Waals surface area contributed by atoms with Gasteiger partial charge in [0.1, 0.15) is 24.4 Å². The van der Waals surface area contributed by atoms with Crippen molar-refractivity contribution in [2.24, 2.45) is 16.6 Å². The Hall–Kier alpha value is -2.23. The zero-order valence-corrected chi connectivity index (χ0v) is 21.9. The van der Waals surface area contributed by atoms with Gasteiger partial charge in [-0.1, -0.05) is 31.9 Å². The second-order valence-corrected chi connectivity index (χ2v) is 9.59. The molecule has 0 aliphatic carbocycles. The number of carbonyl (C=O) groups is 2. The summed E-state index contributed by atoms with van der Waals surface area (Å²) in [5, 5.41) is 3.56. The predicted octanol–water partition coefficient (Wildman–Crippen LogP) is 3.61. The fraction of sp³-hybridized carbons (Fsp3) is 0.522. The summed E-state index contributed by atoms with van der Waals surface area (Å²) in [5.74, 6) is 0.511. The molecule has 12 heteroatoms. The minimum absolute atomic E-state index is 0.0579. The van der Waals surface area contributed by atoms with Crippen molar-refractivity contribution in [1.29, 1.82) is 0 Å². The summed E-state index contributed by atoms with van der Waals surface area (Å²) >= 11 is 5.95. The molecular formula is C23H34ClN4O6P. The lowest BCUT2D eigenvalue weighted by Gasteiger charge is -2.24. The Morgan fingerprint density at radius 2 is 2.14 bits per heavy atom. The molecule has 3 N–H and O–H groups in total. The van der Waals surface area contributed by atoms with Gasteiger partial charge in [0.25, 0.3) is 0 Å². The van der Waals surface area contributed by atoms with Crippen molar-refractivity contribution in [3.8, 4) is 5.75 Å². The molecule has 1 saturated heterocycles. The first-order valence-corrected chi connectivity index (χ1v) is 13.0. The van der Waals surface area contributed by atoms with E-state index < -0.39 is 14.8 Å². The molecule has 1 amide bonds. The van der Waals surface area contributed by atoms with Gasteiger partial charge in [-0.25, -0.2) is 5.09 Å². The highest BCUT2D eigenvalue weighted by Gasteiger charge is 2.36. The molecule has 1 aliphatic rings. The fourth-order valence-corrected chi connectivity index (χ4v) is 4.37. The normalized spacial score (nSPS) is 21.1. The lowest BCUT2D eigenvalue weighted by Crippen LogP contribution is -2.34. The minimum Gasteiger partial charge on any atom is -0.465 e. The maximum Gasteiger partial charge on any atom is 0.320 e. The number of carbonyl (C=O) groups excluding carboxylic acids is 2. The largest absolute Gasteiger partial charge is 0.465 e. The quantitative estimate of drug-likeness (QED) is 0.0883. The number of unbranched alkanes of at least 4 members (excludes halogenated alkanes) is 1. The summed E-state index contributed by atoms with van der Waals surface area (Å²) < 4.78 is 23.1. The maximum atomic E-state index is 12.0. The average Bonchev–Trinajstić information content (AvgIpc) is 3.22. The van der Waals surface area contributed by atoms with E-state index in [1.54, 1.807) is 37.5 Å². The van der Waals surface area contributed by atoms with E-state index in [0.29, 0.717) is 36.0 Å². The molecule has 1 aliphatic heterocycles. The van der Waals surface area contributed by atoms with E-state index in [1.807, 2.05) is 13.8 Å². The first kappa shape index (κ1) is 29.0.